The van der Waals surface area contributed by atoms with Crippen molar-refractivity contribution in [3.63, 3.8) is 0 Å². The summed E-state index contributed by atoms with van der Waals surface area (Å²) in [5.74, 6) is -0.775. The number of hydrogen-bond donors (Lipinski definition) is 4. The van der Waals surface area contributed by atoms with Crippen molar-refractivity contribution in [2.45, 2.75) is 0 Å². The maximum atomic E-state index is 11.4. The molecule has 2 aromatic heterocycles. The number of hydrogen-bond acceptors (Lipinski definition) is 5. The molecule has 10 heteroatoms. The molecule has 2 rings (SSSR count). The van der Waals surface area contributed by atoms with Gasteiger partial charge in [0.25, 0.3) is 0 Å². The summed E-state index contributed by atoms with van der Waals surface area (Å²) in [4.78, 5) is 15.5. The lowest BCUT2D eigenvalue weighted by Gasteiger charge is -2.07. The Morgan fingerprint density at radius 1 is 1.41 bits per heavy atom. The van der Waals surface area contributed by atoms with Crippen LogP contribution in [0.2, 0.25) is 0 Å². The number of anilines is 1. The lowest BCUT2D eigenvalue weighted by Crippen LogP contribution is -2.53. The fourth-order valence-corrected chi connectivity index (χ4v) is 2.60. The highest BCUT2D eigenvalue weighted by Crippen LogP contribution is 2.26. The summed E-state index contributed by atoms with van der Waals surface area (Å²) in [6, 6.07) is 4.69. The van der Waals surface area contributed by atoms with Crippen molar-refractivity contribution < 1.29 is 24.1 Å². The second-order valence-electron chi connectivity index (χ2n) is 4.44. The zero-order valence-corrected chi connectivity index (χ0v) is 12.4. The van der Waals surface area contributed by atoms with Crippen molar-refractivity contribution in [3.05, 3.63) is 36.3 Å². The minimum Gasteiger partial charge on any atom is -0.477 e. The molecule has 0 aliphatic rings. The molecule has 0 fully saturated rings. The van der Waals surface area contributed by atoms with Gasteiger partial charge in [0.2, 0.25) is 0 Å². The van der Waals surface area contributed by atoms with E-state index >= 15 is 0 Å². The van der Waals surface area contributed by atoms with Crippen LogP contribution in [0.15, 0.2) is 30.6 Å². The van der Waals surface area contributed by atoms with E-state index in [1.165, 1.54) is 12.3 Å². The van der Waals surface area contributed by atoms with Crippen molar-refractivity contribution in [3.8, 4) is 11.1 Å². The third-order valence-corrected chi connectivity index (χ3v) is 3.74. The molecule has 0 amide bonds. The van der Waals surface area contributed by atoms with E-state index in [-0.39, 0.29) is 5.56 Å². The highest BCUT2D eigenvalue weighted by Gasteiger charge is 2.22. The van der Waals surface area contributed by atoms with Crippen LogP contribution in [0.3, 0.4) is 0 Å². The summed E-state index contributed by atoms with van der Waals surface area (Å²) in [5.41, 5.74) is 3.96. The van der Waals surface area contributed by atoms with Gasteiger partial charge < -0.3 is 16.2 Å². The van der Waals surface area contributed by atoms with Gasteiger partial charge in [-0.3, -0.25) is 0 Å². The monoisotopic (exact) mass is 326 g/mol. The molecule has 9 nitrogen and oxygen atoms in total. The Balaban J connectivity index is 2.45. The number of carbonyl (C=O) groups is 1. The fourth-order valence-electron chi connectivity index (χ4n) is 1.94. The molecule has 0 aliphatic carbocycles. The number of aromatic nitrogens is 2. The molecule has 0 spiro atoms. The van der Waals surface area contributed by atoms with E-state index in [2.05, 4.69) is 16.0 Å². The number of pyridine rings is 1. The molecule has 0 bridgehead atoms. The Morgan fingerprint density at radius 2 is 2.14 bits per heavy atom. The molecule has 0 aliphatic heterocycles. The number of rotatable bonds is 6. The van der Waals surface area contributed by atoms with Gasteiger partial charge >= 0.3 is 16.2 Å². The lowest BCUT2D eigenvalue weighted by molar-refractivity contribution is -0.362. The molecule has 0 saturated heterocycles. The van der Waals surface area contributed by atoms with Crippen LogP contribution in [-0.4, -0.2) is 41.5 Å². The first-order chi connectivity index (χ1) is 10.3. The second kappa shape index (κ2) is 6.13. The first kappa shape index (κ1) is 15.9. The first-order valence-corrected chi connectivity index (χ1v) is 7.82. The Bertz CT molecular complexity index is 782. The van der Waals surface area contributed by atoms with Crippen LogP contribution in [0.25, 0.3) is 11.1 Å². The van der Waals surface area contributed by atoms with Crippen molar-refractivity contribution in [2.75, 3.05) is 18.4 Å². The number of aromatic carboxylic acids is 1. The van der Waals surface area contributed by atoms with E-state index in [0.717, 1.165) is 6.20 Å². The van der Waals surface area contributed by atoms with Crippen molar-refractivity contribution >= 4 is 22.0 Å². The summed E-state index contributed by atoms with van der Waals surface area (Å²) < 4.78 is 23.4. The van der Waals surface area contributed by atoms with E-state index in [9.17, 15) is 18.3 Å². The Morgan fingerprint density at radius 3 is 2.64 bits per heavy atom. The minimum absolute atomic E-state index is 0.220. The molecule has 2 aromatic rings. The Hall–Kier alpha value is -2.43. The van der Waals surface area contributed by atoms with Crippen LogP contribution in [-0.2, 0) is 10.2 Å². The molecule has 0 atom stereocenters. The average molecular weight is 326 g/mol. The van der Waals surface area contributed by atoms with E-state index in [4.69, 9.17) is 5.14 Å². The van der Waals surface area contributed by atoms with Crippen molar-refractivity contribution in [1.29, 1.82) is 0 Å². The number of carboxylic acids is 1. The quantitative estimate of drug-likeness (QED) is 0.531. The van der Waals surface area contributed by atoms with Crippen LogP contribution in [0, 0.1) is 0 Å². The molecule has 2 heterocycles. The van der Waals surface area contributed by atoms with E-state index in [0.29, 0.717) is 28.4 Å². The SMILES string of the molecule is NS(=O)(=O)n1ccc(-c2ccc(NCC[NH3+])nc2)c1C(=O)O. The van der Waals surface area contributed by atoms with Gasteiger partial charge in [0.05, 0.1) is 13.1 Å². The smallest absolute Gasteiger partial charge is 0.354 e. The van der Waals surface area contributed by atoms with Crippen molar-refractivity contribution in [1.82, 2.24) is 8.96 Å². The Labute approximate surface area is 126 Å². The van der Waals surface area contributed by atoms with Crippen LogP contribution in [0.4, 0.5) is 5.82 Å². The molecule has 0 unspecified atom stereocenters. The summed E-state index contributed by atoms with van der Waals surface area (Å²) in [6.45, 7) is 1.36. The fraction of sp³-hybridized carbons (Fsp3) is 0.167. The summed E-state index contributed by atoms with van der Waals surface area (Å²) in [6.07, 6.45) is 2.56. The molecule has 118 valence electrons. The van der Waals surface area contributed by atoms with Crippen molar-refractivity contribution in [2.24, 2.45) is 5.14 Å². The first-order valence-electron chi connectivity index (χ1n) is 6.32. The van der Waals surface area contributed by atoms with Gasteiger partial charge in [0.15, 0.2) is 5.69 Å². The normalized spacial score (nSPS) is 11.4. The van der Waals surface area contributed by atoms with Gasteiger partial charge in [0.1, 0.15) is 5.82 Å². The van der Waals surface area contributed by atoms with Gasteiger partial charge in [-0.1, -0.05) is 0 Å². The lowest BCUT2D eigenvalue weighted by atomic mass is 10.1. The predicted molar refractivity (Wildman–Crippen MR) is 79.4 cm³/mol. The molecule has 22 heavy (non-hydrogen) atoms. The number of nitrogens with two attached hydrogens (primary N) is 1. The summed E-state index contributed by atoms with van der Waals surface area (Å²) >= 11 is 0. The van der Waals surface area contributed by atoms with Gasteiger partial charge in [-0.05, 0) is 18.2 Å². The van der Waals surface area contributed by atoms with E-state index < -0.39 is 21.9 Å². The van der Waals surface area contributed by atoms with Crippen LogP contribution in [0.1, 0.15) is 10.5 Å². The molecule has 0 saturated carbocycles. The Kier molecular flexibility index (Phi) is 4.45. The number of nitrogens with zero attached hydrogens (tertiary/aromatic N) is 2. The third-order valence-electron chi connectivity index (χ3n) is 2.89. The highest BCUT2D eigenvalue weighted by molar-refractivity contribution is 7.87. The topological polar surface area (TPSA) is 155 Å². The van der Waals surface area contributed by atoms with E-state index in [1.54, 1.807) is 12.1 Å². The van der Waals surface area contributed by atoms with Gasteiger partial charge in [0, 0.05) is 23.5 Å². The van der Waals surface area contributed by atoms with Gasteiger partial charge in [-0.2, -0.15) is 8.42 Å². The van der Waals surface area contributed by atoms with Crippen LogP contribution >= 0.6 is 0 Å². The maximum absolute atomic E-state index is 11.4. The predicted octanol–water partition coefficient (Wildman–Crippen LogP) is -1.05. The molecule has 7 N–H and O–H groups in total. The standard InChI is InChI=1S/C12H15N5O4S/c13-4-5-15-10-2-1-8(7-16-10)9-3-6-17(22(14,20)21)11(9)12(18)19/h1-3,6-7H,4-5,13H2,(H,15,16)(H,18,19)(H2,14,20,21)/p+1. The number of carboxylic acid groups (broad SMARTS) is 1. The largest absolute Gasteiger partial charge is 0.477 e. The second-order valence-corrected chi connectivity index (χ2v) is 5.86. The minimum atomic E-state index is -4.19. The molecule has 0 aromatic carbocycles. The van der Waals surface area contributed by atoms with Crippen LogP contribution < -0.4 is 16.2 Å². The number of quaternary nitrogens is 1. The zero-order chi connectivity index (χ0) is 16.3. The highest BCUT2D eigenvalue weighted by atomic mass is 32.2. The van der Waals surface area contributed by atoms with E-state index in [1.807, 2.05) is 0 Å². The van der Waals surface area contributed by atoms with Crippen LogP contribution in [0.5, 0.6) is 0 Å². The molecular formula is C12H16N5O4S+. The van der Waals surface area contributed by atoms with Gasteiger partial charge in [-0.15, -0.1) is 0 Å². The molecule has 0 radical (unpaired) electrons. The summed E-state index contributed by atoms with van der Waals surface area (Å²) in [7, 11) is -4.19. The third kappa shape index (κ3) is 3.24. The average Bonchev–Trinajstić information content (AvgIpc) is 2.90. The van der Waals surface area contributed by atoms with Gasteiger partial charge in [-0.25, -0.2) is 18.9 Å². The maximum Gasteiger partial charge on any atom is 0.354 e. The molecular weight excluding hydrogens is 310 g/mol. The zero-order valence-electron chi connectivity index (χ0n) is 11.6. The number of nitrogens with one attached hydrogen (secondary N) is 1. The summed E-state index contributed by atoms with van der Waals surface area (Å²) in [5, 5.41) is 17.3.